The standard InChI is InChI=1S/C19H13F7N2O2/c20-17(21)18(22,23)10-29-9-11-3-1-4-12(7-11)15-27-28-16(30-15)13-5-2-6-14(8-13)19(24,25)26/h1-8,17H,9-10H2. The zero-order valence-electron chi connectivity index (χ0n) is 15.0. The smallest absolute Gasteiger partial charge is 0.416 e. The molecule has 4 nitrogen and oxygen atoms in total. The van der Waals surface area contributed by atoms with Gasteiger partial charge in [-0.15, -0.1) is 10.2 Å². The van der Waals surface area contributed by atoms with Gasteiger partial charge in [-0.1, -0.05) is 18.2 Å². The first-order chi connectivity index (χ1) is 14.1. The van der Waals surface area contributed by atoms with E-state index >= 15 is 0 Å². The first-order valence-electron chi connectivity index (χ1n) is 8.40. The van der Waals surface area contributed by atoms with Crippen LogP contribution in [0.5, 0.6) is 0 Å². The average Bonchev–Trinajstić information content (AvgIpc) is 3.18. The molecule has 0 bridgehead atoms. The van der Waals surface area contributed by atoms with E-state index in [9.17, 15) is 30.7 Å². The molecule has 0 radical (unpaired) electrons. The Morgan fingerprint density at radius 2 is 1.47 bits per heavy atom. The molecule has 0 N–H and O–H groups in total. The summed E-state index contributed by atoms with van der Waals surface area (Å²) in [5.41, 5.74) is -0.0874. The first kappa shape index (κ1) is 21.8. The molecule has 0 unspecified atom stereocenters. The van der Waals surface area contributed by atoms with Crippen LogP contribution in [0.4, 0.5) is 30.7 Å². The summed E-state index contributed by atoms with van der Waals surface area (Å²) in [4.78, 5) is 0. The molecule has 3 aromatic rings. The third-order valence-corrected chi connectivity index (χ3v) is 3.92. The van der Waals surface area contributed by atoms with Crippen molar-refractivity contribution >= 4 is 0 Å². The first-order valence-corrected chi connectivity index (χ1v) is 8.40. The van der Waals surface area contributed by atoms with Crippen molar-refractivity contribution in [2.45, 2.75) is 25.1 Å². The maximum atomic E-state index is 12.9. The van der Waals surface area contributed by atoms with Crippen LogP contribution in [0.25, 0.3) is 22.9 Å². The molecule has 1 aromatic heterocycles. The summed E-state index contributed by atoms with van der Waals surface area (Å²) in [5.74, 6) is -4.43. The molecule has 0 fully saturated rings. The molecule has 160 valence electrons. The number of rotatable bonds is 7. The fourth-order valence-electron chi connectivity index (χ4n) is 2.45. The third kappa shape index (κ3) is 5.15. The topological polar surface area (TPSA) is 48.2 Å². The molecule has 2 aromatic carbocycles. The van der Waals surface area contributed by atoms with Crippen molar-refractivity contribution in [2.24, 2.45) is 0 Å². The molecule has 1 heterocycles. The van der Waals surface area contributed by atoms with Gasteiger partial charge in [0.05, 0.1) is 12.2 Å². The SMILES string of the molecule is FC(F)C(F)(F)COCc1cccc(-c2nnc(-c3cccc(C(F)(F)F)c3)o2)c1. The number of hydrogen-bond donors (Lipinski definition) is 0. The summed E-state index contributed by atoms with van der Waals surface area (Å²) in [6.45, 7) is -1.82. The van der Waals surface area contributed by atoms with Gasteiger partial charge in [-0.05, 0) is 35.9 Å². The summed E-state index contributed by atoms with van der Waals surface area (Å²) >= 11 is 0. The third-order valence-electron chi connectivity index (χ3n) is 3.92. The van der Waals surface area contributed by atoms with E-state index in [1.807, 2.05) is 0 Å². The van der Waals surface area contributed by atoms with E-state index in [2.05, 4.69) is 14.9 Å². The van der Waals surface area contributed by atoms with Crippen LogP contribution in [-0.2, 0) is 17.5 Å². The van der Waals surface area contributed by atoms with Crippen LogP contribution < -0.4 is 0 Å². The predicted molar refractivity (Wildman–Crippen MR) is 90.8 cm³/mol. The van der Waals surface area contributed by atoms with Gasteiger partial charge in [-0.2, -0.15) is 22.0 Å². The van der Waals surface area contributed by atoms with Gasteiger partial charge in [-0.25, -0.2) is 8.78 Å². The maximum Gasteiger partial charge on any atom is 0.416 e. The zero-order valence-corrected chi connectivity index (χ0v) is 15.0. The van der Waals surface area contributed by atoms with Gasteiger partial charge in [-0.3, -0.25) is 0 Å². The Labute approximate surface area is 165 Å². The predicted octanol–water partition coefficient (Wildman–Crippen LogP) is 5.84. The summed E-state index contributed by atoms with van der Waals surface area (Å²) in [5, 5.41) is 7.51. The Kier molecular flexibility index (Phi) is 6.11. The van der Waals surface area contributed by atoms with Gasteiger partial charge in [0.1, 0.15) is 6.61 Å². The molecule has 0 aliphatic carbocycles. The lowest BCUT2D eigenvalue weighted by Gasteiger charge is -2.15. The van der Waals surface area contributed by atoms with E-state index in [4.69, 9.17) is 4.42 Å². The van der Waals surface area contributed by atoms with Gasteiger partial charge in [0.15, 0.2) is 0 Å². The number of nitrogens with zero attached hydrogens (tertiary/aromatic N) is 2. The molecule has 3 rings (SSSR count). The Morgan fingerprint density at radius 3 is 2.07 bits per heavy atom. The highest BCUT2D eigenvalue weighted by molar-refractivity contribution is 5.59. The largest absolute Gasteiger partial charge is 0.416 e. The second kappa shape index (κ2) is 8.42. The zero-order chi connectivity index (χ0) is 21.9. The van der Waals surface area contributed by atoms with Crippen LogP contribution >= 0.6 is 0 Å². The molecular weight excluding hydrogens is 421 g/mol. The Bertz CT molecular complexity index is 1000. The van der Waals surface area contributed by atoms with Crippen LogP contribution in [0.2, 0.25) is 0 Å². The molecule has 0 aliphatic rings. The van der Waals surface area contributed by atoms with E-state index in [0.717, 1.165) is 12.1 Å². The van der Waals surface area contributed by atoms with Crippen molar-refractivity contribution in [3.63, 3.8) is 0 Å². The molecule has 0 spiro atoms. The number of hydrogen-bond acceptors (Lipinski definition) is 4. The molecule has 0 aliphatic heterocycles. The van der Waals surface area contributed by atoms with Crippen molar-refractivity contribution in [1.29, 1.82) is 0 Å². The quantitative estimate of drug-likeness (QED) is 0.439. The van der Waals surface area contributed by atoms with Crippen molar-refractivity contribution < 1.29 is 39.9 Å². The molecule has 0 atom stereocenters. The van der Waals surface area contributed by atoms with Crippen molar-refractivity contribution in [2.75, 3.05) is 6.61 Å². The lowest BCUT2D eigenvalue weighted by Crippen LogP contribution is -2.32. The number of aromatic nitrogens is 2. The molecule has 0 saturated heterocycles. The minimum absolute atomic E-state index is 0.0258. The Balaban J connectivity index is 1.74. The molecule has 30 heavy (non-hydrogen) atoms. The minimum Gasteiger partial charge on any atom is -0.416 e. The molecule has 0 amide bonds. The van der Waals surface area contributed by atoms with E-state index in [0.29, 0.717) is 11.1 Å². The Hall–Kier alpha value is -2.95. The number of alkyl halides is 7. The lowest BCUT2D eigenvalue weighted by atomic mass is 10.1. The fraction of sp³-hybridized carbons (Fsp3) is 0.263. The van der Waals surface area contributed by atoms with Gasteiger partial charge in [0.2, 0.25) is 11.8 Å². The number of benzene rings is 2. The lowest BCUT2D eigenvalue weighted by molar-refractivity contribution is -0.168. The highest BCUT2D eigenvalue weighted by atomic mass is 19.4. The summed E-state index contributed by atoms with van der Waals surface area (Å²) < 4.78 is 98.7. The van der Waals surface area contributed by atoms with Crippen molar-refractivity contribution in [1.82, 2.24) is 10.2 Å². The van der Waals surface area contributed by atoms with Crippen LogP contribution in [0.15, 0.2) is 52.9 Å². The fourth-order valence-corrected chi connectivity index (χ4v) is 2.45. The van der Waals surface area contributed by atoms with Gasteiger partial charge < -0.3 is 9.15 Å². The van der Waals surface area contributed by atoms with Gasteiger partial charge in [0.25, 0.3) is 0 Å². The molecular formula is C19H13F7N2O2. The number of ether oxygens (including phenoxy) is 1. The van der Waals surface area contributed by atoms with Crippen LogP contribution in [-0.4, -0.2) is 29.2 Å². The average molecular weight is 434 g/mol. The van der Waals surface area contributed by atoms with Crippen LogP contribution in [0, 0.1) is 0 Å². The number of halogens is 7. The Morgan fingerprint density at radius 1 is 0.867 bits per heavy atom. The van der Waals surface area contributed by atoms with Gasteiger partial charge >= 0.3 is 18.5 Å². The van der Waals surface area contributed by atoms with Crippen molar-refractivity contribution in [3.05, 3.63) is 59.7 Å². The summed E-state index contributed by atoms with van der Waals surface area (Å²) in [7, 11) is 0. The van der Waals surface area contributed by atoms with Gasteiger partial charge in [0, 0.05) is 11.1 Å². The molecule has 0 saturated carbocycles. The second-order valence-electron chi connectivity index (χ2n) is 6.25. The van der Waals surface area contributed by atoms with Crippen LogP contribution in [0.3, 0.4) is 0 Å². The van der Waals surface area contributed by atoms with E-state index < -0.39 is 30.7 Å². The highest BCUT2D eigenvalue weighted by Crippen LogP contribution is 2.32. The normalized spacial score (nSPS) is 12.5. The summed E-state index contributed by atoms with van der Waals surface area (Å²) in [6, 6.07) is 10.4. The van der Waals surface area contributed by atoms with Crippen LogP contribution in [0.1, 0.15) is 11.1 Å². The molecule has 11 heteroatoms. The van der Waals surface area contributed by atoms with Crippen molar-refractivity contribution in [3.8, 4) is 22.9 Å². The van der Waals surface area contributed by atoms with E-state index in [1.54, 1.807) is 6.07 Å². The van der Waals surface area contributed by atoms with E-state index in [1.165, 1.54) is 30.3 Å². The minimum atomic E-state index is -4.53. The maximum absolute atomic E-state index is 12.9. The monoisotopic (exact) mass is 434 g/mol. The highest BCUT2D eigenvalue weighted by Gasteiger charge is 2.40. The second-order valence-corrected chi connectivity index (χ2v) is 6.25. The summed E-state index contributed by atoms with van der Waals surface area (Å²) in [6.07, 6.45) is -8.37. The van der Waals surface area contributed by atoms with E-state index in [-0.39, 0.29) is 24.0 Å².